The van der Waals surface area contributed by atoms with Crippen molar-refractivity contribution in [1.29, 1.82) is 0 Å². The van der Waals surface area contributed by atoms with Crippen LogP contribution in [0.2, 0.25) is 5.02 Å². The van der Waals surface area contributed by atoms with Gasteiger partial charge in [0, 0.05) is 0 Å². The summed E-state index contributed by atoms with van der Waals surface area (Å²) in [5.74, 6) is -0.441. The Morgan fingerprint density at radius 2 is 2.31 bits per heavy atom. The molecule has 5 nitrogen and oxygen atoms in total. The Labute approximate surface area is 96.3 Å². The number of carbonyl (C=O) groups is 2. The van der Waals surface area contributed by atoms with Crippen molar-refractivity contribution in [2.45, 2.75) is 0 Å². The molecule has 16 heavy (non-hydrogen) atoms. The topological polar surface area (TPSA) is 64.6 Å². The quantitative estimate of drug-likeness (QED) is 0.756. The van der Waals surface area contributed by atoms with E-state index in [0.29, 0.717) is 11.4 Å². The Morgan fingerprint density at radius 3 is 3.00 bits per heavy atom. The Balaban J connectivity index is 2.47. The number of halogens is 1. The summed E-state index contributed by atoms with van der Waals surface area (Å²) in [5, 5.41) is 2.83. The van der Waals surface area contributed by atoms with Gasteiger partial charge in [-0.25, -0.2) is 4.79 Å². The number of fused-ring (bicyclic) bond motifs is 1. The van der Waals surface area contributed by atoms with Crippen molar-refractivity contribution in [2.24, 2.45) is 0 Å². The highest BCUT2D eigenvalue weighted by atomic mass is 35.5. The first kappa shape index (κ1) is 10.8. The summed E-state index contributed by atoms with van der Waals surface area (Å²) in [7, 11) is 1.27. The predicted octanol–water partition coefficient (Wildman–Crippen LogP) is 1.46. The van der Waals surface area contributed by atoms with Crippen molar-refractivity contribution < 1.29 is 19.1 Å². The lowest BCUT2D eigenvalue weighted by Crippen LogP contribution is -2.25. The standard InChI is InChI=1S/C10H8ClNO4/c1-15-10(14)5-2-6(11)9-7(3-5)12-8(13)4-16-9/h2-3H,4H2,1H3,(H,12,13). The molecule has 0 bridgehead atoms. The largest absolute Gasteiger partial charge is 0.480 e. The van der Waals surface area contributed by atoms with Crippen LogP contribution < -0.4 is 10.1 Å². The highest BCUT2D eigenvalue weighted by molar-refractivity contribution is 6.33. The number of esters is 1. The Kier molecular flexibility index (Phi) is 2.70. The zero-order chi connectivity index (χ0) is 11.7. The van der Waals surface area contributed by atoms with Gasteiger partial charge in [-0.2, -0.15) is 0 Å². The number of ether oxygens (including phenoxy) is 2. The van der Waals surface area contributed by atoms with Crippen LogP contribution in [-0.4, -0.2) is 25.6 Å². The molecule has 1 N–H and O–H groups in total. The van der Waals surface area contributed by atoms with Crippen LogP contribution in [0.5, 0.6) is 5.75 Å². The first-order chi connectivity index (χ1) is 7.61. The van der Waals surface area contributed by atoms with Gasteiger partial charge in [0.25, 0.3) is 5.91 Å². The highest BCUT2D eigenvalue weighted by Gasteiger charge is 2.21. The van der Waals surface area contributed by atoms with Crippen molar-refractivity contribution in [1.82, 2.24) is 0 Å². The zero-order valence-corrected chi connectivity index (χ0v) is 9.13. The molecule has 1 heterocycles. The SMILES string of the molecule is COC(=O)c1cc(Cl)c2c(c1)NC(=O)CO2. The second-order valence-corrected chi connectivity index (χ2v) is 3.57. The predicted molar refractivity (Wildman–Crippen MR) is 56.9 cm³/mol. The fourth-order valence-electron chi connectivity index (χ4n) is 1.39. The van der Waals surface area contributed by atoms with E-state index in [1.165, 1.54) is 19.2 Å². The molecule has 0 radical (unpaired) electrons. The molecule has 1 amide bonds. The molecular formula is C10H8ClNO4. The van der Waals surface area contributed by atoms with Crippen LogP contribution in [0, 0.1) is 0 Å². The van der Waals surface area contributed by atoms with Crippen LogP contribution in [-0.2, 0) is 9.53 Å². The Bertz CT molecular complexity index is 472. The molecular weight excluding hydrogens is 234 g/mol. The molecule has 0 fully saturated rings. The molecule has 0 aromatic heterocycles. The fraction of sp³-hybridized carbons (Fsp3) is 0.200. The molecule has 1 aliphatic rings. The normalized spacial score (nSPS) is 13.5. The third kappa shape index (κ3) is 1.81. The van der Waals surface area contributed by atoms with E-state index in [-0.39, 0.29) is 23.1 Å². The van der Waals surface area contributed by atoms with Crippen LogP contribution in [0.4, 0.5) is 5.69 Å². The summed E-state index contributed by atoms with van der Waals surface area (Å²) < 4.78 is 9.70. The molecule has 6 heteroatoms. The minimum Gasteiger partial charge on any atom is -0.480 e. The lowest BCUT2D eigenvalue weighted by Gasteiger charge is -2.19. The zero-order valence-electron chi connectivity index (χ0n) is 8.37. The van der Waals surface area contributed by atoms with Crippen molar-refractivity contribution >= 4 is 29.2 Å². The number of hydrogen-bond donors (Lipinski definition) is 1. The molecule has 1 aliphatic heterocycles. The van der Waals surface area contributed by atoms with Crippen LogP contribution in [0.1, 0.15) is 10.4 Å². The van der Waals surface area contributed by atoms with Crippen LogP contribution in [0.25, 0.3) is 0 Å². The number of methoxy groups -OCH3 is 1. The van der Waals surface area contributed by atoms with Crippen LogP contribution in [0.3, 0.4) is 0 Å². The van der Waals surface area contributed by atoms with Gasteiger partial charge in [0.15, 0.2) is 12.4 Å². The van der Waals surface area contributed by atoms with E-state index in [4.69, 9.17) is 16.3 Å². The van der Waals surface area contributed by atoms with Gasteiger partial charge in [0.2, 0.25) is 0 Å². The maximum Gasteiger partial charge on any atom is 0.337 e. The number of hydrogen-bond acceptors (Lipinski definition) is 4. The summed E-state index contributed by atoms with van der Waals surface area (Å²) in [6.07, 6.45) is 0. The van der Waals surface area contributed by atoms with Gasteiger partial charge in [0.05, 0.1) is 23.4 Å². The number of rotatable bonds is 1. The average Bonchev–Trinajstić information content (AvgIpc) is 2.27. The highest BCUT2D eigenvalue weighted by Crippen LogP contribution is 2.36. The van der Waals surface area contributed by atoms with E-state index < -0.39 is 5.97 Å². The molecule has 84 valence electrons. The van der Waals surface area contributed by atoms with E-state index in [1.54, 1.807) is 0 Å². The van der Waals surface area contributed by atoms with Crippen molar-refractivity contribution in [3.8, 4) is 5.75 Å². The summed E-state index contributed by atoms with van der Waals surface area (Å²) in [5.41, 5.74) is 0.640. The van der Waals surface area contributed by atoms with Crippen LogP contribution >= 0.6 is 11.6 Å². The molecule has 0 spiro atoms. The average molecular weight is 242 g/mol. The van der Waals surface area contributed by atoms with Gasteiger partial charge < -0.3 is 14.8 Å². The smallest absolute Gasteiger partial charge is 0.337 e. The third-order valence-electron chi connectivity index (χ3n) is 2.09. The maximum atomic E-state index is 11.3. The van der Waals surface area contributed by atoms with Crippen LogP contribution in [0.15, 0.2) is 12.1 Å². The lowest BCUT2D eigenvalue weighted by atomic mass is 10.1. The molecule has 0 saturated carbocycles. The lowest BCUT2D eigenvalue weighted by molar-refractivity contribution is -0.118. The summed E-state index contributed by atoms with van der Waals surface area (Å²) in [6.45, 7) is -0.0791. The van der Waals surface area contributed by atoms with E-state index in [1.807, 2.05) is 0 Å². The van der Waals surface area contributed by atoms with Gasteiger partial charge in [-0.15, -0.1) is 0 Å². The van der Waals surface area contributed by atoms with E-state index >= 15 is 0 Å². The van der Waals surface area contributed by atoms with E-state index in [9.17, 15) is 9.59 Å². The summed E-state index contributed by atoms with van der Waals surface area (Å²) >= 11 is 5.91. The summed E-state index contributed by atoms with van der Waals surface area (Å²) in [4.78, 5) is 22.4. The first-order valence-corrected chi connectivity index (χ1v) is 4.84. The minimum absolute atomic E-state index is 0.0791. The molecule has 0 saturated heterocycles. The fourth-order valence-corrected chi connectivity index (χ4v) is 1.67. The second-order valence-electron chi connectivity index (χ2n) is 3.16. The molecule has 0 atom stereocenters. The number of anilines is 1. The van der Waals surface area contributed by atoms with Crippen molar-refractivity contribution in [2.75, 3.05) is 19.0 Å². The minimum atomic E-state index is -0.524. The summed E-state index contributed by atoms with van der Waals surface area (Å²) in [6, 6.07) is 2.90. The molecule has 1 aromatic rings. The van der Waals surface area contributed by atoms with Gasteiger partial charge in [-0.05, 0) is 12.1 Å². The number of nitrogens with one attached hydrogen (secondary N) is 1. The first-order valence-electron chi connectivity index (χ1n) is 4.46. The number of carbonyl (C=O) groups excluding carboxylic acids is 2. The number of benzene rings is 1. The van der Waals surface area contributed by atoms with Gasteiger partial charge >= 0.3 is 5.97 Å². The van der Waals surface area contributed by atoms with E-state index in [2.05, 4.69) is 10.1 Å². The molecule has 0 aliphatic carbocycles. The van der Waals surface area contributed by atoms with Gasteiger partial charge in [-0.3, -0.25) is 4.79 Å². The van der Waals surface area contributed by atoms with Gasteiger partial charge in [0.1, 0.15) is 0 Å². The van der Waals surface area contributed by atoms with Gasteiger partial charge in [-0.1, -0.05) is 11.6 Å². The maximum absolute atomic E-state index is 11.3. The second kappa shape index (κ2) is 4.02. The molecule has 1 aromatic carbocycles. The van der Waals surface area contributed by atoms with Crippen molar-refractivity contribution in [3.63, 3.8) is 0 Å². The monoisotopic (exact) mass is 241 g/mol. The third-order valence-corrected chi connectivity index (χ3v) is 2.37. The van der Waals surface area contributed by atoms with E-state index in [0.717, 1.165) is 0 Å². The number of amides is 1. The Hall–Kier alpha value is -1.75. The molecule has 0 unspecified atom stereocenters. The van der Waals surface area contributed by atoms with Crippen molar-refractivity contribution in [3.05, 3.63) is 22.7 Å². The Morgan fingerprint density at radius 1 is 1.56 bits per heavy atom. The molecule has 2 rings (SSSR count).